The number of rotatable bonds is 3. The fraction of sp³-hybridized carbons (Fsp3) is 0.633. The normalized spacial score (nSPS) is 23.1. The number of hydrogen-bond donors (Lipinski definition) is 1. The van der Waals surface area contributed by atoms with Crippen LogP contribution in [0.25, 0.3) is 0 Å². The van der Waals surface area contributed by atoms with Gasteiger partial charge in [-0.05, 0) is 83.7 Å². The lowest BCUT2D eigenvalue weighted by molar-refractivity contribution is -0.0196. The van der Waals surface area contributed by atoms with Gasteiger partial charge in [-0.2, -0.15) is 0 Å². The molecule has 1 N–H and O–H groups in total. The summed E-state index contributed by atoms with van der Waals surface area (Å²) in [5.74, 6) is 2.92. The Bertz CT molecular complexity index is 1450. The smallest absolute Gasteiger partial charge is 0.410 e. The number of sulfone groups is 1. The molecule has 1 aromatic heterocycles. The summed E-state index contributed by atoms with van der Waals surface area (Å²) < 4.78 is 36.1. The number of nitrogens with one attached hydrogen (secondary N) is 1. The van der Waals surface area contributed by atoms with Crippen LogP contribution in [0, 0.1) is 6.92 Å². The molecule has 0 spiro atoms. The van der Waals surface area contributed by atoms with Crippen molar-refractivity contribution in [3.63, 3.8) is 0 Å². The zero-order valence-electron chi connectivity index (χ0n) is 25.2. The quantitative estimate of drug-likeness (QED) is 0.555. The standard InChI is InChI=1S/C30H42N6O5S/c1-19-14-22(21-6-8-34(9-7-21)23-16-36(17-23)29(37)41-30(3,4)5)15-24-26(19)40-20(2)25-27(33-24)31-18-32-28(25)35-10-12-42(38,39)13-11-35/h14-15,18,20-21,23H,6-13,16-17H2,1-5H3,(H,31,32,33)/t20-/m0/s1. The predicted molar refractivity (Wildman–Crippen MR) is 162 cm³/mol. The van der Waals surface area contributed by atoms with E-state index in [1.165, 1.54) is 5.56 Å². The number of hydrogen-bond acceptors (Lipinski definition) is 10. The lowest BCUT2D eigenvalue weighted by Gasteiger charge is -2.47. The first-order valence-corrected chi connectivity index (χ1v) is 16.8. The van der Waals surface area contributed by atoms with Crippen molar-refractivity contribution < 1.29 is 22.7 Å². The number of carbonyl (C=O) groups excluding carboxylic acids is 1. The highest BCUT2D eigenvalue weighted by atomic mass is 32.2. The molecule has 0 saturated carbocycles. The molecule has 0 aliphatic carbocycles. The summed E-state index contributed by atoms with van der Waals surface area (Å²) in [4.78, 5) is 27.8. The number of benzene rings is 1. The van der Waals surface area contributed by atoms with E-state index in [9.17, 15) is 13.2 Å². The summed E-state index contributed by atoms with van der Waals surface area (Å²) in [6, 6.07) is 4.85. The maximum Gasteiger partial charge on any atom is 0.410 e. The summed E-state index contributed by atoms with van der Waals surface area (Å²) >= 11 is 0. The molecule has 2 aromatic rings. The van der Waals surface area contributed by atoms with E-state index >= 15 is 0 Å². The number of aromatic nitrogens is 2. The SMILES string of the molecule is Cc1cc(C2CCN(C3CN(C(=O)OC(C)(C)C)C3)CC2)cc2c1O[C@@H](C)c1c(ncnc1N1CCS(=O)(=O)CC1)N2. The molecule has 3 saturated heterocycles. The minimum Gasteiger partial charge on any atom is -0.483 e. The average Bonchev–Trinajstić information content (AvgIpc) is 3.03. The molecule has 4 aliphatic heterocycles. The molecule has 4 aliphatic rings. The summed E-state index contributed by atoms with van der Waals surface area (Å²) in [6.07, 6.45) is 3.12. The third-order valence-corrected chi connectivity index (χ3v) is 10.4. The molecule has 3 fully saturated rings. The predicted octanol–water partition coefficient (Wildman–Crippen LogP) is 4.02. The number of aryl methyl sites for hydroxylation is 1. The molecule has 5 heterocycles. The molecule has 12 heteroatoms. The number of likely N-dealkylation sites (tertiary alicyclic amines) is 2. The van der Waals surface area contributed by atoms with Crippen LogP contribution < -0.4 is 15.0 Å². The molecule has 42 heavy (non-hydrogen) atoms. The molecule has 0 radical (unpaired) electrons. The first kappa shape index (κ1) is 29.0. The number of piperidine rings is 1. The average molecular weight is 599 g/mol. The van der Waals surface area contributed by atoms with Gasteiger partial charge in [0.15, 0.2) is 9.84 Å². The van der Waals surface area contributed by atoms with E-state index in [1.54, 1.807) is 11.2 Å². The molecule has 1 amide bonds. The topological polar surface area (TPSA) is 117 Å². The summed E-state index contributed by atoms with van der Waals surface area (Å²) in [6.45, 7) is 14.1. The Balaban J connectivity index is 1.13. The van der Waals surface area contributed by atoms with Crippen molar-refractivity contribution in [2.24, 2.45) is 0 Å². The maximum atomic E-state index is 12.3. The van der Waals surface area contributed by atoms with Gasteiger partial charge < -0.3 is 24.6 Å². The Morgan fingerprint density at radius 3 is 2.43 bits per heavy atom. The Morgan fingerprint density at radius 2 is 1.76 bits per heavy atom. The van der Waals surface area contributed by atoms with Crippen LogP contribution in [0.4, 0.5) is 22.1 Å². The van der Waals surface area contributed by atoms with E-state index in [1.807, 2.05) is 32.6 Å². The van der Waals surface area contributed by atoms with Crippen LogP contribution in [0.1, 0.15) is 69.2 Å². The molecule has 0 unspecified atom stereocenters. The fourth-order valence-electron chi connectivity index (χ4n) is 6.45. The summed E-state index contributed by atoms with van der Waals surface area (Å²) in [5.41, 5.74) is 3.64. The van der Waals surface area contributed by atoms with E-state index in [0.717, 1.165) is 67.4 Å². The second kappa shape index (κ2) is 10.9. The molecule has 0 bridgehead atoms. The third-order valence-electron chi connectivity index (χ3n) is 8.79. The second-order valence-electron chi connectivity index (χ2n) is 13.0. The van der Waals surface area contributed by atoms with E-state index < -0.39 is 15.4 Å². The number of amides is 1. The molecular weight excluding hydrogens is 556 g/mol. The molecular formula is C30H42N6O5S. The molecule has 228 valence electrons. The minimum atomic E-state index is -3.00. The lowest BCUT2D eigenvalue weighted by Crippen LogP contribution is -2.62. The zero-order chi connectivity index (χ0) is 29.8. The number of fused-ring (bicyclic) bond motifs is 2. The Morgan fingerprint density at radius 1 is 1.07 bits per heavy atom. The molecule has 1 atom stereocenters. The van der Waals surface area contributed by atoms with Crippen LogP contribution in [0.2, 0.25) is 0 Å². The summed E-state index contributed by atoms with van der Waals surface area (Å²) in [5, 5.41) is 3.55. The second-order valence-corrected chi connectivity index (χ2v) is 15.4. The number of carbonyl (C=O) groups is 1. The van der Waals surface area contributed by atoms with Gasteiger partial charge in [-0.1, -0.05) is 6.07 Å². The van der Waals surface area contributed by atoms with Crippen molar-refractivity contribution in [1.82, 2.24) is 19.8 Å². The van der Waals surface area contributed by atoms with E-state index in [4.69, 9.17) is 9.47 Å². The van der Waals surface area contributed by atoms with E-state index in [2.05, 4.69) is 39.2 Å². The van der Waals surface area contributed by atoms with Crippen molar-refractivity contribution >= 4 is 33.3 Å². The highest BCUT2D eigenvalue weighted by Gasteiger charge is 2.39. The Hall–Kier alpha value is -3.12. The van der Waals surface area contributed by atoms with Gasteiger partial charge in [0.2, 0.25) is 0 Å². The van der Waals surface area contributed by atoms with Gasteiger partial charge >= 0.3 is 6.09 Å². The van der Waals surface area contributed by atoms with Crippen molar-refractivity contribution in [1.29, 1.82) is 0 Å². The van der Waals surface area contributed by atoms with Crippen molar-refractivity contribution in [2.75, 3.05) is 61.0 Å². The van der Waals surface area contributed by atoms with Gasteiger partial charge in [0.05, 0.1) is 22.8 Å². The molecule has 6 rings (SSSR count). The number of nitrogens with zero attached hydrogens (tertiary/aromatic N) is 5. The minimum absolute atomic E-state index is 0.124. The van der Waals surface area contributed by atoms with Gasteiger partial charge in [0.1, 0.15) is 35.4 Å². The first-order chi connectivity index (χ1) is 19.9. The monoisotopic (exact) mass is 598 g/mol. The number of anilines is 3. The third kappa shape index (κ3) is 5.88. The van der Waals surface area contributed by atoms with Crippen molar-refractivity contribution in [3.05, 3.63) is 35.2 Å². The first-order valence-electron chi connectivity index (χ1n) is 15.0. The zero-order valence-corrected chi connectivity index (χ0v) is 26.0. The van der Waals surface area contributed by atoms with Gasteiger partial charge in [-0.3, -0.25) is 4.90 Å². The highest BCUT2D eigenvalue weighted by molar-refractivity contribution is 7.91. The van der Waals surface area contributed by atoms with Gasteiger partial charge in [0.25, 0.3) is 0 Å². The van der Waals surface area contributed by atoms with E-state index in [-0.39, 0.29) is 23.7 Å². The van der Waals surface area contributed by atoms with Crippen molar-refractivity contribution in [3.8, 4) is 5.75 Å². The number of ether oxygens (including phenoxy) is 2. The van der Waals surface area contributed by atoms with Crippen LogP contribution in [0.5, 0.6) is 5.75 Å². The molecule has 11 nitrogen and oxygen atoms in total. The fourth-order valence-corrected chi connectivity index (χ4v) is 7.65. The Labute approximate surface area is 248 Å². The van der Waals surface area contributed by atoms with Gasteiger partial charge in [-0.25, -0.2) is 23.2 Å². The van der Waals surface area contributed by atoms with Gasteiger partial charge in [-0.15, -0.1) is 0 Å². The molecule has 1 aromatic carbocycles. The van der Waals surface area contributed by atoms with Gasteiger partial charge in [0, 0.05) is 32.2 Å². The maximum absolute atomic E-state index is 12.3. The van der Waals surface area contributed by atoms with Crippen molar-refractivity contribution in [2.45, 2.75) is 71.1 Å². The summed E-state index contributed by atoms with van der Waals surface area (Å²) in [7, 11) is -3.00. The van der Waals surface area contributed by atoms with Crippen LogP contribution in [0.15, 0.2) is 18.5 Å². The van der Waals surface area contributed by atoms with Crippen LogP contribution in [-0.4, -0.2) is 96.7 Å². The van der Waals surface area contributed by atoms with E-state index in [0.29, 0.717) is 30.9 Å². The highest BCUT2D eigenvalue weighted by Crippen LogP contribution is 2.45. The largest absolute Gasteiger partial charge is 0.483 e. The van der Waals surface area contributed by atoms with Crippen LogP contribution in [0.3, 0.4) is 0 Å². The van der Waals surface area contributed by atoms with Crippen LogP contribution >= 0.6 is 0 Å². The van der Waals surface area contributed by atoms with Crippen LogP contribution in [-0.2, 0) is 14.6 Å². The Kier molecular flexibility index (Phi) is 7.49. The lowest BCUT2D eigenvalue weighted by atomic mass is 9.87.